The Balaban J connectivity index is 1.47. The van der Waals surface area contributed by atoms with Crippen molar-refractivity contribution in [2.45, 2.75) is 20.0 Å². The Labute approximate surface area is 184 Å². The molecule has 0 aliphatic carbocycles. The van der Waals surface area contributed by atoms with Crippen molar-refractivity contribution in [3.05, 3.63) is 59.2 Å². The summed E-state index contributed by atoms with van der Waals surface area (Å²) >= 11 is 1.70. The van der Waals surface area contributed by atoms with Crippen LogP contribution in [0, 0.1) is 5.82 Å². The zero-order valence-corrected chi connectivity index (χ0v) is 18.2. The molecule has 2 aromatic heterocycles. The summed E-state index contributed by atoms with van der Waals surface area (Å²) in [7, 11) is 0. The van der Waals surface area contributed by atoms with Gasteiger partial charge in [0.25, 0.3) is 0 Å². The lowest BCUT2D eigenvalue weighted by Gasteiger charge is -2.26. The number of morpholine rings is 1. The van der Waals surface area contributed by atoms with Crippen LogP contribution in [0.1, 0.15) is 11.8 Å². The summed E-state index contributed by atoms with van der Waals surface area (Å²) in [5.41, 5.74) is 3.67. The highest BCUT2D eigenvalue weighted by Crippen LogP contribution is 2.34. The van der Waals surface area contributed by atoms with Gasteiger partial charge in [-0.3, -0.25) is 0 Å². The number of hydrogen-bond acceptors (Lipinski definition) is 6. The Bertz CT molecular complexity index is 1180. The Morgan fingerprint density at radius 3 is 2.68 bits per heavy atom. The van der Waals surface area contributed by atoms with Gasteiger partial charge in [-0.25, -0.2) is 14.4 Å². The predicted molar refractivity (Wildman–Crippen MR) is 123 cm³/mol. The fourth-order valence-corrected chi connectivity index (χ4v) is 4.95. The zero-order valence-electron chi connectivity index (χ0n) is 17.3. The molecule has 3 heterocycles. The molecule has 0 amide bonds. The normalized spacial score (nSPS) is 14.3. The van der Waals surface area contributed by atoms with Gasteiger partial charge >= 0.3 is 0 Å². The predicted octanol–water partition coefficient (Wildman–Crippen LogP) is 4.77. The monoisotopic (exact) mass is 437 g/mol. The van der Waals surface area contributed by atoms with Crippen molar-refractivity contribution in [1.29, 1.82) is 0 Å². The first-order chi connectivity index (χ1) is 15.2. The number of nitrogens with one attached hydrogen (secondary N) is 1. The molecule has 0 radical (unpaired) electrons. The van der Waals surface area contributed by atoms with Gasteiger partial charge in [0.2, 0.25) is 5.95 Å². The van der Waals surface area contributed by atoms with Gasteiger partial charge in [-0.2, -0.15) is 0 Å². The highest BCUT2D eigenvalue weighted by atomic mass is 32.1. The van der Waals surface area contributed by atoms with Crippen molar-refractivity contribution >= 4 is 33.5 Å². The van der Waals surface area contributed by atoms with Crippen molar-refractivity contribution in [1.82, 2.24) is 14.5 Å². The SMILES string of the molecule is CCn1c(NCc2sc(N3CCOCC3)nc2-c2ccccc2)nc2ccc(F)cc21. The minimum absolute atomic E-state index is 0.252. The van der Waals surface area contributed by atoms with Crippen LogP contribution in [-0.4, -0.2) is 40.8 Å². The number of nitrogens with zero attached hydrogens (tertiary/aromatic N) is 4. The average Bonchev–Trinajstić information content (AvgIpc) is 3.39. The first-order valence-corrected chi connectivity index (χ1v) is 11.3. The summed E-state index contributed by atoms with van der Waals surface area (Å²) in [6.07, 6.45) is 0. The molecule has 5 rings (SSSR count). The third-order valence-corrected chi connectivity index (χ3v) is 6.56. The van der Waals surface area contributed by atoms with E-state index in [1.54, 1.807) is 17.4 Å². The quantitative estimate of drug-likeness (QED) is 0.471. The maximum atomic E-state index is 13.8. The number of halogens is 1. The lowest BCUT2D eigenvalue weighted by molar-refractivity contribution is 0.122. The molecule has 160 valence electrons. The molecule has 4 aromatic rings. The number of aryl methyl sites for hydroxylation is 1. The molecular weight excluding hydrogens is 413 g/mol. The van der Waals surface area contributed by atoms with Crippen molar-refractivity contribution in [2.75, 3.05) is 36.5 Å². The van der Waals surface area contributed by atoms with E-state index in [0.717, 1.165) is 64.6 Å². The fourth-order valence-electron chi connectivity index (χ4n) is 3.88. The Kier molecular flexibility index (Phi) is 5.57. The molecule has 0 bridgehead atoms. The number of benzene rings is 2. The summed E-state index contributed by atoms with van der Waals surface area (Å²) < 4.78 is 21.3. The van der Waals surface area contributed by atoms with Crippen LogP contribution in [0.15, 0.2) is 48.5 Å². The van der Waals surface area contributed by atoms with Crippen molar-refractivity contribution in [3.63, 3.8) is 0 Å². The van der Waals surface area contributed by atoms with Crippen LogP contribution in [0.25, 0.3) is 22.3 Å². The molecule has 1 aliphatic heterocycles. The lowest BCUT2D eigenvalue weighted by Crippen LogP contribution is -2.36. The molecule has 0 spiro atoms. The average molecular weight is 438 g/mol. The van der Waals surface area contributed by atoms with E-state index >= 15 is 0 Å². The topological polar surface area (TPSA) is 55.2 Å². The van der Waals surface area contributed by atoms with E-state index < -0.39 is 0 Å². The van der Waals surface area contributed by atoms with Crippen LogP contribution >= 0.6 is 11.3 Å². The van der Waals surface area contributed by atoms with Gasteiger partial charge in [0.1, 0.15) is 5.82 Å². The van der Waals surface area contributed by atoms with Crippen LogP contribution < -0.4 is 10.2 Å². The number of fused-ring (bicyclic) bond motifs is 1. The second-order valence-electron chi connectivity index (χ2n) is 7.40. The minimum Gasteiger partial charge on any atom is -0.378 e. The highest BCUT2D eigenvalue weighted by molar-refractivity contribution is 7.16. The van der Waals surface area contributed by atoms with E-state index in [0.29, 0.717) is 13.1 Å². The summed E-state index contributed by atoms with van der Waals surface area (Å²) in [4.78, 5) is 13.1. The largest absolute Gasteiger partial charge is 0.378 e. The first kappa shape index (κ1) is 20.0. The summed E-state index contributed by atoms with van der Waals surface area (Å²) in [6, 6.07) is 15.0. The fraction of sp³-hybridized carbons (Fsp3) is 0.304. The molecule has 1 aliphatic rings. The number of imidazole rings is 1. The van der Waals surface area contributed by atoms with Gasteiger partial charge in [0.15, 0.2) is 5.13 Å². The van der Waals surface area contributed by atoms with Gasteiger partial charge in [0.05, 0.1) is 41.4 Å². The van der Waals surface area contributed by atoms with Gasteiger partial charge in [-0.1, -0.05) is 41.7 Å². The van der Waals surface area contributed by atoms with Gasteiger partial charge in [-0.15, -0.1) is 0 Å². The molecule has 0 atom stereocenters. The molecule has 1 N–H and O–H groups in total. The zero-order chi connectivity index (χ0) is 21.2. The number of rotatable bonds is 6. The van der Waals surface area contributed by atoms with Crippen LogP contribution in [0.3, 0.4) is 0 Å². The number of ether oxygens (including phenoxy) is 1. The third-order valence-electron chi connectivity index (χ3n) is 5.45. The summed E-state index contributed by atoms with van der Waals surface area (Å²) in [5, 5.41) is 4.49. The molecular formula is C23H24FN5OS. The number of hydrogen-bond donors (Lipinski definition) is 1. The van der Waals surface area contributed by atoms with Crippen molar-refractivity contribution in [2.24, 2.45) is 0 Å². The summed E-state index contributed by atoms with van der Waals surface area (Å²) in [5.74, 6) is 0.487. The van der Waals surface area contributed by atoms with Crippen LogP contribution in [0.2, 0.25) is 0 Å². The van der Waals surface area contributed by atoms with Gasteiger partial charge < -0.3 is 19.5 Å². The minimum atomic E-state index is -0.252. The highest BCUT2D eigenvalue weighted by Gasteiger charge is 2.20. The van der Waals surface area contributed by atoms with Crippen LogP contribution in [0.5, 0.6) is 0 Å². The van der Waals surface area contributed by atoms with Gasteiger partial charge in [-0.05, 0) is 25.1 Å². The molecule has 6 nitrogen and oxygen atoms in total. The van der Waals surface area contributed by atoms with E-state index in [4.69, 9.17) is 9.72 Å². The standard InChI is InChI=1S/C23H24FN5OS/c1-2-29-19-14-17(24)8-9-18(19)26-22(29)25-15-20-21(16-6-4-3-5-7-16)27-23(31-20)28-10-12-30-13-11-28/h3-9,14H,2,10-13,15H2,1H3,(H,25,26). The van der Waals surface area contributed by atoms with E-state index in [9.17, 15) is 4.39 Å². The van der Waals surface area contributed by atoms with Gasteiger partial charge in [0, 0.05) is 25.2 Å². The molecule has 2 aromatic carbocycles. The lowest BCUT2D eigenvalue weighted by atomic mass is 10.1. The van der Waals surface area contributed by atoms with E-state index in [1.807, 2.05) is 29.7 Å². The van der Waals surface area contributed by atoms with E-state index in [2.05, 4.69) is 27.3 Å². The van der Waals surface area contributed by atoms with E-state index in [-0.39, 0.29) is 5.82 Å². The molecule has 1 fully saturated rings. The second kappa shape index (κ2) is 8.64. The number of aromatic nitrogens is 3. The Morgan fingerprint density at radius 1 is 1.10 bits per heavy atom. The van der Waals surface area contributed by atoms with Crippen molar-refractivity contribution < 1.29 is 9.13 Å². The smallest absolute Gasteiger partial charge is 0.204 e. The Hall–Kier alpha value is -2.97. The maximum Gasteiger partial charge on any atom is 0.204 e. The van der Waals surface area contributed by atoms with E-state index in [1.165, 1.54) is 12.1 Å². The summed E-state index contributed by atoms with van der Waals surface area (Å²) in [6.45, 7) is 6.50. The molecule has 1 saturated heterocycles. The number of anilines is 2. The second-order valence-corrected chi connectivity index (χ2v) is 8.46. The molecule has 0 unspecified atom stereocenters. The molecule has 31 heavy (non-hydrogen) atoms. The third kappa shape index (κ3) is 4.00. The van der Waals surface area contributed by atoms with Crippen LogP contribution in [0.4, 0.5) is 15.5 Å². The molecule has 0 saturated carbocycles. The molecule has 8 heteroatoms. The first-order valence-electron chi connectivity index (χ1n) is 10.5. The maximum absolute atomic E-state index is 13.8. The van der Waals surface area contributed by atoms with Crippen molar-refractivity contribution in [3.8, 4) is 11.3 Å². The Morgan fingerprint density at radius 2 is 1.90 bits per heavy atom. The van der Waals surface area contributed by atoms with Crippen LogP contribution in [-0.2, 0) is 17.8 Å². The number of thiazole rings is 1.